The number of aliphatic carboxylic acids is 2. The maximum Gasteiger partial charge on any atom is 0.321 e. The topological polar surface area (TPSA) is 74.6 Å². The summed E-state index contributed by atoms with van der Waals surface area (Å²) in [6, 6.07) is 0. The van der Waals surface area contributed by atoms with E-state index in [0.717, 1.165) is 12.8 Å². The molecular weight excluding hydrogens is 196 g/mol. The highest BCUT2D eigenvalue weighted by molar-refractivity contribution is 5.99. The number of carboxylic acids is 2. The molecule has 2 aliphatic rings. The zero-order chi connectivity index (χ0) is 11.5. The van der Waals surface area contributed by atoms with Crippen LogP contribution in [0.15, 0.2) is 0 Å². The molecule has 0 aromatic rings. The van der Waals surface area contributed by atoms with Crippen LogP contribution in [0.5, 0.6) is 0 Å². The van der Waals surface area contributed by atoms with Gasteiger partial charge in [0.2, 0.25) is 0 Å². The van der Waals surface area contributed by atoms with Gasteiger partial charge >= 0.3 is 11.9 Å². The molecule has 0 amide bonds. The summed E-state index contributed by atoms with van der Waals surface area (Å²) in [6.45, 7) is 4.28. The molecule has 1 spiro atoms. The number of hydrogen-bond donors (Lipinski definition) is 2. The molecule has 2 saturated carbocycles. The van der Waals surface area contributed by atoms with Crippen molar-refractivity contribution in [2.45, 2.75) is 39.5 Å². The van der Waals surface area contributed by atoms with Crippen LogP contribution in [0.25, 0.3) is 0 Å². The first-order valence-electron chi connectivity index (χ1n) is 5.18. The molecule has 2 fully saturated rings. The Hall–Kier alpha value is -1.06. The molecule has 4 heteroatoms. The summed E-state index contributed by atoms with van der Waals surface area (Å²) in [7, 11) is 0. The van der Waals surface area contributed by atoms with Crippen LogP contribution in [-0.2, 0) is 9.59 Å². The van der Waals surface area contributed by atoms with Crippen molar-refractivity contribution in [3.8, 4) is 0 Å². The highest BCUT2D eigenvalue weighted by atomic mass is 16.4. The van der Waals surface area contributed by atoms with Gasteiger partial charge in [-0.3, -0.25) is 9.59 Å². The van der Waals surface area contributed by atoms with E-state index in [4.69, 9.17) is 10.2 Å². The van der Waals surface area contributed by atoms with Gasteiger partial charge in [-0.15, -0.1) is 0 Å². The molecule has 0 heterocycles. The van der Waals surface area contributed by atoms with Gasteiger partial charge in [0.25, 0.3) is 0 Å². The lowest BCUT2D eigenvalue weighted by molar-refractivity contribution is -0.204. The SMILES string of the molecule is CC1(C)CC2(C1)CC(C(=O)O)(C(=O)O)C2. The monoisotopic (exact) mass is 212 g/mol. The maximum atomic E-state index is 11.0. The molecule has 0 unspecified atom stereocenters. The van der Waals surface area contributed by atoms with Gasteiger partial charge in [-0.25, -0.2) is 0 Å². The predicted molar refractivity (Wildman–Crippen MR) is 52.4 cm³/mol. The fraction of sp³-hybridized carbons (Fsp3) is 0.818. The van der Waals surface area contributed by atoms with Gasteiger partial charge in [0.1, 0.15) is 0 Å². The molecule has 0 aromatic carbocycles. The first-order chi connectivity index (χ1) is 6.72. The van der Waals surface area contributed by atoms with Gasteiger partial charge in [0.15, 0.2) is 5.41 Å². The molecule has 0 atom stereocenters. The van der Waals surface area contributed by atoms with E-state index < -0.39 is 17.4 Å². The Labute approximate surface area is 88.3 Å². The van der Waals surface area contributed by atoms with Crippen molar-refractivity contribution in [1.29, 1.82) is 0 Å². The Balaban J connectivity index is 2.08. The normalized spacial score (nSPS) is 28.9. The summed E-state index contributed by atoms with van der Waals surface area (Å²) < 4.78 is 0. The third-order valence-corrected chi connectivity index (χ3v) is 3.88. The van der Waals surface area contributed by atoms with E-state index >= 15 is 0 Å². The number of hydrogen-bond acceptors (Lipinski definition) is 2. The van der Waals surface area contributed by atoms with Crippen molar-refractivity contribution >= 4 is 11.9 Å². The van der Waals surface area contributed by atoms with Gasteiger partial charge in [0, 0.05) is 0 Å². The first-order valence-corrected chi connectivity index (χ1v) is 5.18. The van der Waals surface area contributed by atoms with Crippen molar-refractivity contribution < 1.29 is 19.8 Å². The van der Waals surface area contributed by atoms with Gasteiger partial charge in [-0.2, -0.15) is 0 Å². The average molecular weight is 212 g/mol. The van der Waals surface area contributed by atoms with Crippen LogP contribution in [0.2, 0.25) is 0 Å². The average Bonchev–Trinajstić information content (AvgIpc) is 1.92. The lowest BCUT2D eigenvalue weighted by Gasteiger charge is -2.63. The molecule has 2 rings (SSSR count). The van der Waals surface area contributed by atoms with Crippen LogP contribution in [0.3, 0.4) is 0 Å². The molecule has 84 valence electrons. The molecule has 2 N–H and O–H groups in total. The minimum Gasteiger partial charge on any atom is -0.480 e. The molecule has 2 aliphatic carbocycles. The van der Waals surface area contributed by atoms with Crippen LogP contribution in [0.1, 0.15) is 39.5 Å². The van der Waals surface area contributed by atoms with Crippen molar-refractivity contribution in [2.24, 2.45) is 16.2 Å². The number of carbonyl (C=O) groups is 2. The standard InChI is InChI=1S/C11H16O4/c1-9(2)3-10(4-9)5-11(6-10,7(12)13)8(14)15/h3-6H2,1-2H3,(H,12,13)(H,14,15). The van der Waals surface area contributed by atoms with Crippen LogP contribution in [-0.4, -0.2) is 22.2 Å². The van der Waals surface area contributed by atoms with Crippen LogP contribution in [0, 0.1) is 16.2 Å². The fourth-order valence-electron chi connectivity index (χ4n) is 3.85. The van der Waals surface area contributed by atoms with Gasteiger partial charge in [-0.1, -0.05) is 13.8 Å². The summed E-state index contributed by atoms with van der Waals surface area (Å²) in [5.41, 5.74) is -1.21. The zero-order valence-corrected chi connectivity index (χ0v) is 9.04. The third kappa shape index (κ3) is 1.27. The van der Waals surface area contributed by atoms with Crippen molar-refractivity contribution in [3.05, 3.63) is 0 Å². The lowest BCUT2D eigenvalue weighted by atomic mass is 9.39. The third-order valence-electron chi connectivity index (χ3n) is 3.88. The Kier molecular flexibility index (Phi) is 1.77. The summed E-state index contributed by atoms with van der Waals surface area (Å²) in [4.78, 5) is 21.9. The molecule has 15 heavy (non-hydrogen) atoms. The van der Waals surface area contributed by atoms with E-state index in [0.29, 0.717) is 12.8 Å². The molecule has 4 nitrogen and oxygen atoms in total. The van der Waals surface area contributed by atoms with Crippen molar-refractivity contribution in [2.75, 3.05) is 0 Å². The van der Waals surface area contributed by atoms with Gasteiger partial charge in [0.05, 0.1) is 0 Å². The van der Waals surface area contributed by atoms with E-state index in [1.807, 2.05) is 0 Å². The molecule has 0 radical (unpaired) electrons. The fourth-order valence-corrected chi connectivity index (χ4v) is 3.85. The summed E-state index contributed by atoms with van der Waals surface area (Å²) in [5.74, 6) is -2.35. The van der Waals surface area contributed by atoms with Crippen LogP contribution in [0.4, 0.5) is 0 Å². The van der Waals surface area contributed by atoms with Crippen molar-refractivity contribution in [3.63, 3.8) is 0 Å². The largest absolute Gasteiger partial charge is 0.480 e. The van der Waals surface area contributed by atoms with Crippen LogP contribution >= 0.6 is 0 Å². The molecule has 0 saturated heterocycles. The number of rotatable bonds is 2. The second kappa shape index (κ2) is 2.54. The minimum atomic E-state index is -1.49. The molecule has 0 aliphatic heterocycles. The predicted octanol–water partition coefficient (Wildman–Crippen LogP) is 1.74. The Morgan fingerprint density at radius 1 is 0.933 bits per heavy atom. The summed E-state index contributed by atoms with van der Waals surface area (Å²) >= 11 is 0. The lowest BCUT2D eigenvalue weighted by Crippen LogP contribution is -2.62. The molecular formula is C11H16O4. The highest BCUT2D eigenvalue weighted by Crippen LogP contribution is 2.70. The smallest absolute Gasteiger partial charge is 0.321 e. The Morgan fingerprint density at radius 2 is 1.33 bits per heavy atom. The van der Waals surface area contributed by atoms with E-state index in [9.17, 15) is 9.59 Å². The highest BCUT2D eigenvalue weighted by Gasteiger charge is 2.68. The zero-order valence-electron chi connectivity index (χ0n) is 9.04. The Morgan fingerprint density at radius 3 is 1.60 bits per heavy atom. The summed E-state index contributed by atoms with van der Waals surface area (Å²) in [6.07, 6.45) is 2.55. The van der Waals surface area contributed by atoms with E-state index in [2.05, 4.69) is 13.8 Å². The van der Waals surface area contributed by atoms with E-state index in [1.54, 1.807) is 0 Å². The first kappa shape index (κ1) is 10.5. The van der Waals surface area contributed by atoms with E-state index in [1.165, 1.54) is 0 Å². The van der Waals surface area contributed by atoms with E-state index in [-0.39, 0.29) is 10.8 Å². The molecule has 0 aromatic heterocycles. The van der Waals surface area contributed by atoms with Gasteiger partial charge in [-0.05, 0) is 36.5 Å². The molecule has 0 bridgehead atoms. The second-order valence-corrected chi connectivity index (χ2v) is 6.06. The van der Waals surface area contributed by atoms with Crippen molar-refractivity contribution in [1.82, 2.24) is 0 Å². The summed E-state index contributed by atoms with van der Waals surface area (Å²) in [5, 5.41) is 17.9. The quantitative estimate of drug-likeness (QED) is 0.684. The number of carboxylic acid groups (broad SMARTS) is 2. The van der Waals surface area contributed by atoms with Gasteiger partial charge < -0.3 is 10.2 Å². The minimum absolute atomic E-state index is 0.0142. The van der Waals surface area contributed by atoms with Crippen LogP contribution < -0.4 is 0 Å². The maximum absolute atomic E-state index is 11.0. The second-order valence-electron chi connectivity index (χ2n) is 6.06. The Bertz CT molecular complexity index is 310.